The molecule has 1 fully saturated rings. The summed E-state index contributed by atoms with van der Waals surface area (Å²) in [7, 11) is 1.34. The summed E-state index contributed by atoms with van der Waals surface area (Å²) in [6.07, 6.45) is 1.40. The monoisotopic (exact) mass is 384 g/mol. The van der Waals surface area contributed by atoms with Gasteiger partial charge in [-0.1, -0.05) is 24.3 Å². The van der Waals surface area contributed by atoms with Crippen LogP contribution in [0.1, 0.15) is 24.3 Å². The van der Waals surface area contributed by atoms with E-state index in [1.54, 1.807) is 18.5 Å². The van der Waals surface area contributed by atoms with E-state index in [0.717, 1.165) is 18.4 Å². The third kappa shape index (κ3) is 4.35. The van der Waals surface area contributed by atoms with Gasteiger partial charge in [-0.15, -0.1) is 0 Å². The Labute approximate surface area is 163 Å². The predicted octanol–water partition coefficient (Wildman–Crippen LogP) is 0.317. The van der Waals surface area contributed by atoms with Crippen LogP contribution in [0.2, 0.25) is 0 Å². The summed E-state index contributed by atoms with van der Waals surface area (Å²) in [5, 5.41) is 21.9. The molecule has 1 aromatic heterocycles. The average molecular weight is 384 g/mol. The maximum absolute atomic E-state index is 12.3. The first-order chi connectivity index (χ1) is 13.5. The molecule has 1 aliphatic rings. The van der Waals surface area contributed by atoms with Crippen LogP contribution < -0.4 is 5.32 Å². The fraction of sp³-hybridized carbons (Fsp3) is 0.400. The Kier molecular flexibility index (Phi) is 6.33. The zero-order valence-corrected chi connectivity index (χ0v) is 15.7. The molecule has 0 saturated carbocycles. The highest BCUT2D eigenvalue weighted by Gasteiger charge is 2.34. The van der Waals surface area contributed by atoms with Gasteiger partial charge in [-0.2, -0.15) is 0 Å². The number of likely N-dealkylation sites (tertiary alicyclic amines) is 1. The molecule has 8 nitrogen and oxygen atoms in total. The van der Waals surface area contributed by atoms with E-state index < -0.39 is 24.0 Å². The van der Waals surface area contributed by atoms with Gasteiger partial charge < -0.3 is 20.4 Å². The smallest absolute Gasteiger partial charge is 0.254 e. The topological polar surface area (TPSA) is 116 Å². The molecule has 0 bridgehead atoms. The summed E-state index contributed by atoms with van der Waals surface area (Å²) in [6.45, 7) is 0.926. The number of hydrogen-bond acceptors (Lipinski definition) is 6. The van der Waals surface area contributed by atoms with Gasteiger partial charge in [-0.3, -0.25) is 9.59 Å². The number of piperidine rings is 1. The van der Waals surface area contributed by atoms with Gasteiger partial charge in [-0.25, -0.2) is 9.97 Å². The molecule has 8 heteroatoms. The highest BCUT2D eigenvalue weighted by molar-refractivity contribution is 5.90. The molecule has 1 aliphatic heterocycles. The number of nitrogens with one attached hydrogen (secondary N) is 1. The van der Waals surface area contributed by atoms with Crippen LogP contribution in [-0.2, 0) is 9.59 Å². The van der Waals surface area contributed by atoms with Gasteiger partial charge in [0.15, 0.2) is 18.0 Å². The lowest BCUT2D eigenvalue weighted by atomic mass is 9.88. The van der Waals surface area contributed by atoms with E-state index in [0.29, 0.717) is 24.8 Å². The molecule has 3 N–H and O–H groups in total. The van der Waals surface area contributed by atoms with Crippen molar-refractivity contribution in [1.29, 1.82) is 0 Å². The van der Waals surface area contributed by atoms with Crippen LogP contribution in [0.25, 0.3) is 11.4 Å². The molecule has 0 spiro atoms. The van der Waals surface area contributed by atoms with Crippen LogP contribution in [0.3, 0.4) is 0 Å². The zero-order chi connectivity index (χ0) is 20.1. The Morgan fingerprint density at radius 2 is 1.68 bits per heavy atom. The Hall–Kier alpha value is -2.84. The van der Waals surface area contributed by atoms with Gasteiger partial charge in [0.1, 0.15) is 0 Å². The van der Waals surface area contributed by atoms with Crippen molar-refractivity contribution < 1.29 is 19.8 Å². The molecule has 1 saturated heterocycles. The minimum Gasteiger partial charge on any atom is -0.380 e. The summed E-state index contributed by atoms with van der Waals surface area (Å²) in [5.41, 5.74) is 2.13. The summed E-state index contributed by atoms with van der Waals surface area (Å²) >= 11 is 0. The number of likely N-dealkylation sites (N-methyl/N-ethyl adjacent to an activating group) is 1. The zero-order valence-electron chi connectivity index (χ0n) is 15.7. The number of aliphatic hydroxyl groups excluding tert-OH is 2. The van der Waals surface area contributed by atoms with Gasteiger partial charge in [0.05, 0.1) is 0 Å². The van der Waals surface area contributed by atoms with E-state index in [9.17, 15) is 19.8 Å². The molecule has 0 aliphatic carbocycles. The Morgan fingerprint density at radius 1 is 1.07 bits per heavy atom. The minimum absolute atomic E-state index is 0.302. The number of hydrogen-bond donors (Lipinski definition) is 3. The predicted molar refractivity (Wildman–Crippen MR) is 102 cm³/mol. The lowest BCUT2D eigenvalue weighted by Gasteiger charge is -2.34. The first kappa shape index (κ1) is 19.9. The van der Waals surface area contributed by atoms with E-state index in [2.05, 4.69) is 27.4 Å². The highest BCUT2D eigenvalue weighted by Crippen LogP contribution is 2.29. The molecule has 1 aromatic carbocycles. The number of aliphatic hydroxyl groups is 2. The number of carbonyl (C=O) groups is 2. The van der Waals surface area contributed by atoms with Gasteiger partial charge in [0.2, 0.25) is 0 Å². The highest BCUT2D eigenvalue weighted by atomic mass is 16.3. The molecular weight excluding hydrogens is 360 g/mol. The Balaban J connectivity index is 1.58. The molecule has 28 heavy (non-hydrogen) atoms. The molecule has 0 radical (unpaired) electrons. The van der Waals surface area contributed by atoms with Gasteiger partial charge in [0.25, 0.3) is 11.8 Å². The first-order valence-electron chi connectivity index (χ1n) is 9.25. The maximum Gasteiger partial charge on any atom is 0.254 e. The van der Waals surface area contributed by atoms with E-state index in [1.165, 1.54) is 17.5 Å². The molecule has 0 unspecified atom stereocenters. The molecule has 2 atom stereocenters. The van der Waals surface area contributed by atoms with Crippen molar-refractivity contribution in [2.75, 3.05) is 20.1 Å². The maximum atomic E-state index is 12.3. The van der Waals surface area contributed by atoms with Crippen molar-refractivity contribution >= 4 is 11.8 Å². The molecular formula is C20H24N4O4. The number of rotatable bonds is 5. The number of amides is 2. The molecule has 3 rings (SSSR count). The first-order valence-corrected chi connectivity index (χ1v) is 9.25. The van der Waals surface area contributed by atoms with Gasteiger partial charge >= 0.3 is 0 Å². The van der Waals surface area contributed by atoms with Crippen molar-refractivity contribution in [1.82, 2.24) is 20.2 Å². The van der Waals surface area contributed by atoms with Crippen LogP contribution in [0, 0.1) is 0 Å². The summed E-state index contributed by atoms with van der Waals surface area (Å²) in [6, 6.07) is 9.87. The standard InChI is InChI=1S/C20H24N4O4/c1-21-19(27)16(25)17(26)20(28)24-11-7-14(8-12-24)13-3-5-15(6-4-13)18-22-9-2-10-23-18/h2-6,9-10,14,16-17,25-26H,7-8,11-12H2,1H3,(H,21,27)/t16-,17-/m1/s1. The lowest BCUT2D eigenvalue weighted by Crippen LogP contribution is -2.51. The number of nitrogens with zero attached hydrogens (tertiary/aromatic N) is 3. The van der Waals surface area contributed by atoms with E-state index >= 15 is 0 Å². The number of benzene rings is 1. The molecule has 2 amide bonds. The lowest BCUT2D eigenvalue weighted by molar-refractivity contribution is -0.153. The fourth-order valence-electron chi connectivity index (χ4n) is 3.40. The van der Waals surface area contributed by atoms with Gasteiger partial charge in [0, 0.05) is 38.1 Å². The van der Waals surface area contributed by atoms with E-state index in [4.69, 9.17) is 0 Å². The van der Waals surface area contributed by atoms with Crippen molar-refractivity contribution in [3.63, 3.8) is 0 Å². The SMILES string of the molecule is CNC(=O)[C@H](O)[C@@H](O)C(=O)N1CCC(c2ccc(-c3ncccn3)cc2)CC1. The molecule has 2 aromatic rings. The second-order valence-corrected chi connectivity index (χ2v) is 6.80. The summed E-state index contributed by atoms with van der Waals surface area (Å²) < 4.78 is 0. The third-order valence-corrected chi connectivity index (χ3v) is 5.08. The van der Waals surface area contributed by atoms with Crippen LogP contribution in [0.15, 0.2) is 42.7 Å². The van der Waals surface area contributed by atoms with Crippen molar-refractivity contribution in [2.45, 2.75) is 31.0 Å². The average Bonchev–Trinajstić information content (AvgIpc) is 2.78. The van der Waals surface area contributed by atoms with Crippen LogP contribution >= 0.6 is 0 Å². The second-order valence-electron chi connectivity index (χ2n) is 6.80. The van der Waals surface area contributed by atoms with Crippen LogP contribution in [0.4, 0.5) is 0 Å². The Bertz CT molecular complexity index is 805. The number of carbonyl (C=O) groups excluding carboxylic acids is 2. The minimum atomic E-state index is -1.76. The van der Waals surface area contributed by atoms with E-state index in [1.807, 2.05) is 12.1 Å². The van der Waals surface area contributed by atoms with Crippen LogP contribution in [0.5, 0.6) is 0 Å². The summed E-state index contributed by atoms with van der Waals surface area (Å²) in [5.74, 6) is -0.418. The van der Waals surface area contributed by atoms with Crippen molar-refractivity contribution in [2.24, 2.45) is 0 Å². The molecule has 148 valence electrons. The largest absolute Gasteiger partial charge is 0.380 e. The number of aromatic nitrogens is 2. The molecule has 2 heterocycles. The van der Waals surface area contributed by atoms with Crippen LogP contribution in [-0.4, -0.2) is 69.2 Å². The summed E-state index contributed by atoms with van der Waals surface area (Å²) in [4.78, 5) is 33.7. The third-order valence-electron chi connectivity index (χ3n) is 5.08. The fourth-order valence-corrected chi connectivity index (χ4v) is 3.40. The van der Waals surface area contributed by atoms with Gasteiger partial charge in [-0.05, 0) is 30.4 Å². The normalized spacial score (nSPS) is 17.0. The van der Waals surface area contributed by atoms with Crippen molar-refractivity contribution in [3.05, 3.63) is 48.3 Å². The quantitative estimate of drug-likeness (QED) is 0.684. The second kappa shape index (κ2) is 8.90. The van der Waals surface area contributed by atoms with Crippen molar-refractivity contribution in [3.8, 4) is 11.4 Å². The van der Waals surface area contributed by atoms with E-state index in [-0.39, 0.29) is 0 Å². The Morgan fingerprint density at radius 3 is 2.25 bits per heavy atom.